The second kappa shape index (κ2) is 3.74. The van der Waals surface area contributed by atoms with Gasteiger partial charge in [-0.15, -0.1) is 0 Å². The average molecular weight is 187 g/mol. The lowest BCUT2D eigenvalue weighted by Crippen LogP contribution is -2.03. The molecule has 0 saturated carbocycles. The molecule has 1 aromatic rings. The van der Waals surface area contributed by atoms with Crippen LogP contribution in [0.3, 0.4) is 0 Å². The van der Waals surface area contributed by atoms with E-state index >= 15 is 0 Å². The van der Waals surface area contributed by atoms with Crippen LogP contribution in [0.15, 0.2) is 6.07 Å². The molecule has 66 valence electrons. The first kappa shape index (κ1) is 9.29. The summed E-state index contributed by atoms with van der Waals surface area (Å²) in [4.78, 5) is 4.08. The highest BCUT2D eigenvalue weighted by atomic mass is 35.5. The molecule has 3 nitrogen and oxygen atoms in total. The maximum Gasteiger partial charge on any atom is 0.171 e. The molecule has 0 saturated heterocycles. The minimum absolute atomic E-state index is 0.364. The molecule has 1 rings (SSSR count). The molecule has 1 heterocycles. The van der Waals surface area contributed by atoms with E-state index in [4.69, 9.17) is 22.1 Å². The van der Waals surface area contributed by atoms with E-state index in [1.165, 1.54) is 0 Å². The van der Waals surface area contributed by atoms with Crippen LogP contribution in [0.4, 0.5) is 0 Å². The lowest BCUT2D eigenvalue weighted by atomic mass is 10.2. The molecular formula is C8H11ClN2O. The van der Waals surface area contributed by atoms with Gasteiger partial charge < -0.3 is 10.5 Å². The van der Waals surface area contributed by atoms with Crippen molar-refractivity contribution in [1.29, 1.82) is 0 Å². The summed E-state index contributed by atoms with van der Waals surface area (Å²) in [7, 11) is 1.56. The van der Waals surface area contributed by atoms with Crippen molar-refractivity contribution in [3.05, 3.63) is 22.5 Å². The zero-order valence-electron chi connectivity index (χ0n) is 7.10. The standard InChI is InChI=1S/C8H11ClN2O/c1-5-3-7(12-2)8(9)11-6(5)4-10/h3H,4,10H2,1-2H3. The third-order valence-corrected chi connectivity index (χ3v) is 1.92. The molecule has 2 N–H and O–H groups in total. The minimum atomic E-state index is 0.364. The first-order chi connectivity index (χ1) is 5.69. The van der Waals surface area contributed by atoms with Crippen molar-refractivity contribution in [3.8, 4) is 5.75 Å². The fraction of sp³-hybridized carbons (Fsp3) is 0.375. The van der Waals surface area contributed by atoms with E-state index in [2.05, 4.69) is 4.98 Å². The van der Waals surface area contributed by atoms with Crippen molar-refractivity contribution < 1.29 is 4.74 Å². The number of methoxy groups -OCH3 is 1. The number of aromatic nitrogens is 1. The summed E-state index contributed by atoms with van der Waals surface area (Å²) < 4.78 is 4.99. The molecule has 0 aliphatic carbocycles. The van der Waals surface area contributed by atoms with Crippen LogP contribution >= 0.6 is 11.6 Å². The van der Waals surface area contributed by atoms with E-state index < -0.39 is 0 Å². The molecule has 0 spiro atoms. The number of rotatable bonds is 2. The summed E-state index contributed by atoms with van der Waals surface area (Å²) in [6.07, 6.45) is 0. The van der Waals surface area contributed by atoms with E-state index in [-0.39, 0.29) is 0 Å². The first-order valence-corrected chi connectivity index (χ1v) is 3.97. The first-order valence-electron chi connectivity index (χ1n) is 3.59. The van der Waals surface area contributed by atoms with Crippen molar-refractivity contribution in [1.82, 2.24) is 4.98 Å². The molecule has 0 bridgehead atoms. The zero-order chi connectivity index (χ0) is 9.14. The van der Waals surface area contributed by atoms with Gasteiger partial charge in [-0.2, -0.15) is 0 Å². The van der Waals surface area contributed by atoms with E-state index in [9.17, 15) is 0 Å². The highest BCUT2D eigenvalue weighted by molar-refractivity contribution is 6.30. The molecular weight excluding hydrogens is 176 g/mol. The van der Waals surface area contributed by atoms with E-state index in [0.29, 0.717) is 17.4 Å². The number of aryl methyl sites for hydroxylation is 1. The summed E-state index contributed by atoms with van der Waals surface area (Å²) in [6, 6.07) is 1.83. The molecule has 1 aromatic heterocycles. The molecule has 0 aliphatic heterocycles. The number of hydrogen-bond donors (Lipinski definition) is 1. The number of nitrogens with two attached hydrogens (primary N) is 1. The Balaban J connectivity index is 3.16. The van der Waals surface area contributed by atoms with Crippen molar-refractivity contribution in [3.63, 3.8) is 0 Å². The topological polar surface area (TPSA) is 48.1 Å². The number of pyridine rings is 1. The van der Waals surface area contributed by atoms with E-state index in [0.717, 1.165) is 11.3 Å². The largest absolute Gasteiger partial charge is 0.494 e. The van der Waals surface area contributed by atoms with Crippen LogP contribution in [0.5, 0.6) is 5.75 Å². The molecule has 0 atom stereocenters. The van der Waals surface area contributed by atoms with Gasteiger partial charge in [-0.1, -0.05) is 11.6 Å². The Morgan fingerprint density at radius 1 is 1.67 bits per heavy atom. The highest BCUT2D eigenvalue weighted by Crippen LogP contribution is 2.23. The normalized spacial score (nSPS) is 10.0. The Hall–Kier alpha value is -0.800. The van der Waals surface area contributed by atoms with Crippen molar-refractivity contribution >= 4 is 11.6 Å². The van der Waals surface area contributed by atoms with Crippen LogP contribution in [0, 0.1) is 6.92 Å². The molecule has 12 heavy (non-hydrogen) atoms. The molecule has 0 fully saturated rings. The van der Waals surface area contributed by atoms with Crippen LogP contribution < -0.4 is 10.5 Å². The summed E-state index contributed by atoms with van der Waals surface area (Å²) in [6.45, 7) is 2.32. The number of hydrogen-bond acceptors (Lipinski definition) is 3. The van der Waals surface area contributed by atoms with Crippen molar-refractivity contribution in [2.24, 2.45) is 5.73 Å². The van der Waals surface area contributed by atoms with Gasteiger partial charge in [0.25, 0.3) is 0 Å². The molecule has 0 unspecified atom stereocenters. The Kier molecular flexibility index (Phi) is 2.89. The molecule has 0 aliphatic rings. The Morgan fingerprint density at radius 3 is 2.83 bits per heavy atom. The fourth-order valence-electron chi connectivity index (χ4n) is 0.951. The van der Waals surface area contributed by atoms with Gasteiger partial charge >= 0.3 is 0 Å². The average Bonchev–Trinajstić information content (AvgIpc) is 2.08. The molecule has 0 radical (unpaired) electrons. The maximum absolute atomic E-state index is 5.79. The van der Waals surface area contributed by atoms with Crippen LogP contribution in [-0.4, -0.2) is 12.1 Å². The minimum Gasteiger partial charge on any atom is -0.494 e. The maximum atomic E-state index is 5.79. The van der Waals surface area contributed by atoms with Crippen molar-refractivity contribution in [2.75, 3.05) is 7.11 Å². The quantitative estimate of drug-likeness (QED) is 0.713. The van der Waals surface area contributed by atoms with E-state index in [1.807, 2.05) is 13.0 Å². The van der Waals surface area contributed by atoms with Crippen LogP contribution in [0.1, 0.15) is 11.3 Å². The monoisotopic (exact) mass is 186 g/mol. The second-order valence-electron chi connectivity index (χ2n) is 2.45. The Bertz CT molecular complexity index is 259. The van der Waals surface area contributed by atoms with Crippen LogP contribution in [0.25, 0.3) is 0 Å². The van der Waals surface area contributed by atoms with Gasteiger partial charge in [0.15, 0.2) is 10.9 Å². The number of nitrogens with zero attached hydrogens (tertiary/aromatic N) is 1. The smallest absolute Gasteiger partial charge is 0.171 e. The lowest BCUT2D eigenvalue weighted by molar-refractivity contribution is 0.412. The Labute approximate surface area is 76.5 Å². The van der Waals surface area contributed by atoms with Gasteiger partial charge in [0.05, 0.1) is 12.8 Å². The summed E-state index contributed by atoms with van der Waals surface area (Å²) in [5.74, 6) is 0.589. The Morgan fingerprint density at radius 2 is 2.33 bits per heavy atom. The van der Waals surface area contributed by atoms with Gasteiger partial charge in [-0.3, -0.25) is 0 Å². The van der Waals surface area contributed by atoms with Gasteiger partial charge in [0.1, 0.15) is 0 Å². The van der Waals surface area contributed by atoms with E-state index in [1.54, 1.807) is 7.11 Å². The third kappa shape index (κ3) is 1.68. The number of ether oxygens (including phenoxy) is 1. The van der Waals surface area contributed by atoms with Gasteiger partial charge in [-0.25, -0.2) is 4.98 Å². The van der Waals surface area contributed by atoms with Crippen LogP contribution in [0.2, 0.25) is 5.15 Å². The predicted octanol–water partition coefficient (Wildman–Crippen LogP) is 1.51. The molecule has 0 amide bonds. The molecule has 4 heteroatoms. The van der Waals surface area contributed by atoms with Gasteiger partial charge in [0, 0.05) is 6.54 Å². The molecule has 0 aromatic carbocycles. The highest BCUT2D eigenvalue weighted by Gasteiger charge is 2.05. The fourth-order valence-corrected chi connectivity index (χ4v) is 1.18. The van der Waals surface area contributed by atoms with Gasteiger partial charge in [0.2, 0.25) is 0 Å². The third-order valence-electron chi connectivity index (χ3n) is 1.65. The summed E-state index contributed by atoms with van der Waals surface area (Å²) in [5.41, 5.74) is 7.25. The zero-order valence-corrected chi connectivity index (χ0v) is 7.85. The van der Waals surface area contributed by atoms with Crippen molar-refractivity contribution in [2.45, 2.75) is 13.5 Å². The lowest BCUT2D eigenvalue weighted by Gasteiger charge is -2.06. The predicted molar refractivity (Wildman–Crippen MR) is 48.4 cm³/mol. The summed E-state index contributed by atoms with van der Waals surface area (Å²) in [5, 5.41) is 0.364. The second-order valence-corrected chi connectivity index (χ2v) is 2.81. The SMILES string of the molecule is COc1cc(C)c(CN)nc1Cl. The number of halogens is 1. The van der Waals surface area contributed by atoms with Gasteiger partial charge in [-0.05, 0) is 18.6 Å². The summed E-state index contributed by atoms with van der Waals surface area (Å²) >= 11 is 5.79. The van der Waals surface area contributed by atoms with Crippen LogP contribution in [-0.2, 0) is 6.54 Å².